The highest BCUT2D eigenvalue weighted by Gasteiger charge is 2.24. The van der Waals surface area contributed by atoms with E-state index in [9.17, 15) is 5.11 Å². The molecular weight excluding hydrogens is 194 g/mol. The van der Waals surface area contributed by atoms with Crippen LogP contribution in [0, 0.1) is 0 Å². The number of likely N-dealkylation sites (tertiary alicyclic amines) is 1. The van der Waals surface area contributed by atoms with Crippen molar-refractivity contribution in [1.29, 1.82) is 0 Å². The number of thioether (sulfide) groups is 1. The highest BCUT2D eigenvalue weighted by molar-refractivity contribution is 7.99. The Morgan fingerprint density at radius 1 is 1.36 bits per heavy atom. The van der Waals surface area contributed by atoms with Crippen LogP contribution in [0.5, 0.6) is 0 Å². The first kappa shape index (κ1) is 12.3. The van der Waals surface area contributed by atoms with Crippen molar-refractivity contribution in [2.24, 2.45) is 0 Å². The molecule has 0 radical (unpaired) electrons. The molecule has 1 saturated heterocycles. The summed E-state index contributed by atoms with van der Waals surface area (Å²) in [5, 5.41) is 9.91. The average molecular weight is 217 g/mol. The Balaban J connectivity index is 2.21. The lowest BCUT2D eigenvalue weighted by Crippen LogP contribution is -2.30. The van der Waals surface area contributed by atoms with Gasteiger partial charge in [0.25, 0.3) is 0 Å². The fourth-order valence-electron chi connectivity index (χ4n) is 1.88. The second-order valence-electron chi connectivity index (χ2n) is 4.39. The third kappa shape index (κ3) is 4.67. The van der Waals surface area contributed by atoms with E-state index in [-0.39, 0.29) is 0 Å². The molecule has 0 amide bonds. The molecule has 0 aliphatic carbocycles. The Morgan fingerprint density at radius 2 is 2.14 bits per heavy atom. The smallest absolute Gasteiger partial charge is 0.0632 e. The summed E-state index contributed by atoms with van der Waals surface area (Å²) in [5.41, 5.74) is -0.410. The molecule has 1 rings (SSSR count). The lowest BCUT2D eigenvalue weighted by atomic mass is 9.98. The number of nitrogens with zero attached hydrogens (tertiary/aromatic N) is 1. The van der Waals surface area contributed by atoms with Crippen LogP contribution in [0.3, 0.4) is 0 Å². The zero-order valence-corrected chi connectivity index (χ0v) is 10.3. The van der Waals surface area contributed by atoms with Crippen LogP contribution in [-0.2, 0) is 0 Å². The molecule has 0 aromatic rings. The second kappa shape index (κ2) is 5.99. The normalized spacial score (nSPS) is 30.2. The largest absolute Gasteiger partial charge is 0.390 e. The molecule has 1 heterocycles. The van der Waals surface area contributed by atoms with E-state index in [1.54, 1.807) is 0 Å². The minimum absolute atomic E-state index is 0.410. The third-order valence-corrected chi connectivity index (χ3v) is 3.79. The van der Waals surface area contributed by atoms with Gasteiger partial charge in [-0.15, -0.1) is 0 Å². The monoisotopic (exact) mass is 217 g/mol. The summed E-state index contributed by atoms with van der Waals surface area (Å²) in [7, 11) is 0. The molecule has 0 aromatic carbocycles. The van der Waals surface area contributed by atoms with Crippen LogP contribution in [0.1, 0.15) is 33.1 Å². The summed E-state index contributed by atoms with van der Waals surface area (Å²) in [6.07, 6.45) is 3.04. The first-order chi connectivity index (χ1) is 6.64. The van der Waals surface area contributed by atoms with Gasteiger partial charge in [-0.2, -0.15) is 11.8 Å². The van der Waals surface area contributed by atoms with Crippen LogP contribution < -0.4 is 0 Å². The van der Waals surface area contributed by atoms with Gasteiger partial charge < -0.3 is 10.0 Å². The minimum atomic E-state index is -0.410. The van der Waals surface area contributed by atoms with Gasteiger partial charge in [0, 0.05) is 18.8 Å². The molecule has 1 aliphatic rings. The van der Waals surface area contributed by atoms with E-state index < -0.39 is 5.60 Å². The SMILES string of the molecule is CCSCCN1CCCC(C)(O)CC1. The summed E-state index contributed by atoms with van der Waals surface area (Å²) in [6, 6.07) is 0. The molecule has 0 aromatic heterocycles. The fraction of sp³-hybridized carbons (Fsp3) is 1.00. The molecular formula is C11H23NOS. The second-order valence-corrected chi connectivity index (χ2v) is 5.78. The Morgan fingerprint density at radius 3 is 2.86 bits per heavy atom. The molecule has 14 heavy (non-hydrogen) atoms. The Labute approximate surface area is 92.1 Å². The molecule has 0 saturated carbocycles. The van der Waals surface area contributed by atoms with Gasteiger partial charge in [0.15, 0.2) is 0 Å². The molecule has 0 bridgehead atoms. The third-order valence-electron chi connectivity index (χ3n) is 2.91. The molecule has 1 atom stereocenters. The van der Waals surface area contributed by atoms with Gasteiger partial charge in [-0.1, -0.05) is 6.92 Å². The van der Waals surface area contributed by atoms with Crippen molar-refractivity contribution in [3.8, 4) is 0 Å². The van der Waals surface area contributed by atoms with Crippen LogP contribution in [0.25, 0.3) is 0 Å². The maximum Gasteiger partial charge on any atom is 0.0632 e. The van der Waals surface area contributed by atoms with Crippen molar-refractivity contribution in [1.82, 2.24) is 4.90 Å². The summed E-state index contributed by atoms with van der Waals surface area (Å²) < 4.78 is 0. The van der Waals surface area contributed by atoms with Crippen molar-refractivity contribution in [2.75, 3.05) is 31.1 Å². The Kier molecular flexibility index (Phi) is 5.28. The van der Waals surface area contributed by atoms with Crippen molar-refractivity contribution >= 4 is 11.8 Å². The average Bonchev–Trinajstić information content (AvgIpc) is 2.28. The van der Waals surface area contributed by atoms with E-state index in [4.69, 9.17) is 0 Å². The molecule has 2 nitrogen and oxygen atoms in total. The topological polar surface area (TPSA) is 23.5 Å². The molecule has 1 aliphatic heterocycles. The van der Waals surface area contributed by atoms with Crippen LogP contribution >= 0.6 is 11.8 Å². The quantitative estimate of drug-likeness (QED) is 0.728. The zero-order chi connectivity index (χ0) is 10.4. The number of aliphatic hydroxyl groups is 1. The minimum Gasteiger partial charge on any atom is -0.390 e. The summed E-state index contributed by atoms with van der Waals surface area (Å²) in [6.45, 7) is 7.60. The van der Waals surface area contributed by atoms with E-state index in [2.05, 4.69) is 11.8 Å². The van der Waals surface area contributed by atoms with E-state index in [0.717, 1.165) is 25.8 Å². The predicted molar refractivity (Wildman–Crippen MR) is 63.9 cm³/mol. The Hall–Kier alpha value is 0.270. The van der Waals surface area contributed by atoms with E-state index in [1.165, 1.54) is 24.6 Å². The van der Waals surface area contributed by atoms with Crippen LogP contribution in [-0.4, -0.2) is 46.7 Å². The molecule has 3 heteroatoms. The summed E-state index contributed by atoms with van der Waals surface area (Å²) in [4.78, 5) is 2.49. The van der Waals surface area contributed by atoms with Gasteiger partial charge in [0.2, 0.25) is 0 Å². The van der Waals surface area contributed by atoms with Crippen LogP contribution in [0.2, 0.25) is 0 Å². The van der Waals surface area contributed by atoms with E-state index in [1.807, 2.05) is 18.7 Å². The van der Waals surface area contributed by atoms with Gasteiger partial charge >= 0.3 is 0 Å². The highest BCUT2D eigenvalue weighted by atomic mass is 32.2. The molecule has 1 unspecified atom stereocenters. The zero-order valence-electron chi connectivity index (χ0n) is 9.46. The van der Waals surface area contributed by atoms with Crippen molar-refractivity contribution < 1.29 is 5.11 Å². The number of hydrogen-bond acceptors (Lipinski definition) is 3. The lowest BCUT2D eigenvalue weighted by Gasteiger charge is -2.22. The van der Waals surface area contributed by atoms with Gasteiger partial charge in [0.05, 0.1) is 5.60 Å². The first-order valence-electron chi connectivity index (χ1n) is 5.66. The van der Waals surface area contributed by atoms with Crippen molar-refractivity contribution in [3.63, 3.8) is 0 Å². The van der Waals surface area contributed by atoms with Gasteiger partial charge in [-0.25, -0.2) is 0 Å². The van der Waals surface area contributed by atoms with Crippen LogP contribution in [0.15, 0.2) is 0 Å². The summed E-state index contributed by atoms with van der Waals surface area (Å²) >= 11 is 2.00. The van der Waals surface area contributed by atoms with Crippen LogP contribution in [0.4, 0.5) is 0 Å². The van der Waals surface area contributed by atoms with E-state index in [0.29, 0.717) is 0 Å². The maximum atomic E-state index is 9.91. The molecule has 84 valence electrons. The van der Waals surface area contributed by atoms with E-state index >= 15 is 0 Å². The lowest BCUT2D eigenvalue weighted by molar-refractivity contribution is 0.0449. The van der Waals surface area contributed by atoms with Gasteiger partial charge in [-0.05, 0) is 38.5 Å². The molecule has 0 spiro atoms. The predicted octanol–water partition coefficient (Wildman–Crippen LogP) is 1.98. The number of rotatable bonds is 4. The van der Waals surface area contributed by atoms with Crippen molar-refractivity contribution in [2.45, 2.75) is 38.7 Å². The highest BCUT2D eigenvalue weighted by Crippen LogP contribution is 2.21. The molecule has 1 fully saturated rings. The molecule has 1 N–H and O–H groups in total. The summed E-state index contributed by atoms with van der Waals surface area (Å²) in [5.74, 6) is 2.45. The first-order valence-corrected chi connectivity index (χ1v) is 6.82. The van der Waals surface area contributed by atoms with Crippen molar-refractivity contribution in [3.05, 3.63) is 0 Å². The Bertz CT molecular complexity index is 161. The number of hydrogen-bond donors (Lipinski definition) is 1. The fourth-order valence-corrected chi connectivity index (χ4v) is 2.56. The standard InChI is InChI=1S/C11H23NOS/c1-3-14-10-9-12-7-4-5-11(2,13)6-8-12/h13H,3-10H2,1-2H3. The maximum absolute atomic E-state index is 9.91. The van der Waals surface area contributed by atoms with Gasteiger partial charge in [0.1, 0.15) is 0 Å². The van der Waals surface area contributed by atoms with Gasteiger partial charge in [-0.3, -0.25) is 0 Å².